The minimum atomic E-state index is -4.35. The first-order chi connectivity index (χ1) is 9.75. The maximum absolute atomic E-state index is 12.7. The van der Waals surface area contributed by atoms with Crippen molar-refractivity contribution in [2.75, 3.05) is 5.32 Å². The zero-order chi connectivity index (χ0) is 15.6. The number of halogens is 3. The van der Waals surface area contributed by atoms with Crippen LogP contribution < -0.4 is 5.32 Å². The Balaban J connectivity index is 2.22. The number of hydrogen-bond donors (Lipinski definition) is 1. The molecule has 21 heavy (non-hydrogen) atoms. The minimum Gasteiger partial charge on any atom is -0.302 e. The fraction of sp³-hybridized carbons (Fsp3) is 0.286. The van der Waals surface area contributed by atoms with E-state index in [-0.39, 0.29) is 5.91 Å². The second kappa shape index (κ2) is 5.85. The summed E-state index contributed by atoms with van der Waals surface area (Å²) in [6.07, 6.45) is -3.99. The van der Waals surface area contributed by atoms with Gasteiger partial charge in [-0.15, -0.1) is 11.3 Å². The van der Waals surface area contributed by atoms with E-state index in [0.29, 0.717) is 22.8 Å². The number of anilines is 1. The van der Waals surface area contributed by atoms with Crippen molar-refractivity contribution < 1.29 is 18.0 Å². The van der Waals surface area contributed by atoms with Gasteiger partial charge in [0.05, 0.1) is 11.3 Å². The first-order valence-corrected chi connectivity index (χ1v) is 6.97. The average molecular weight is 314 g/mol. The summed E-state index contributed by atoms with van der Waals surface area (Å²) >= 11 is 1.27. The molecule has 1 aromatic heterocycles. The monoisotopic (exact) mass is 314 g/mol. The highest BCUT2D eigenvalue weighted by molar-refractivity contribution is 7.15. The van der Waals surface area contributed by atoms with E-state index in [1.807, 2.05) is 0 Å². The summed E-state index contributed by atoms with van der Waals surface area (Å²) in [5.41, 5.74) is 0.608. The predicted octanol–water partition coefficient (Wildman–Crippen LogP) is 4.02. The third kappa shape index (κ3) is 4.04. The van der Waals surface area contributed by atoms with Gasteiger partial charge in [0.2, 0.25) is 5.91 Å². The minimum absolute atomic E-state index is 0.227. The molecule has 0 atom stereocenters. The Hall–Kier alpha value is -1.89. The SMILES string of the molecule is CC(=O)Nc1nc(C)c(Cc2cccc(C(F)(F)F)c2)s1. The lowest BCUT2D eigenvalue weighted by atomic mass is 10.1. The van der Waals surface area contributed by atoms with E-state index in [4.69, 9.17) is 0 Å². The Morgan fingerprint density at radius 1 is 1.38 bits per heavy atom. The summed E-state index contributed by atoms with van der Waals surface area (Å²) in [5, 5.41) is 3.04. The number of aromatic nitrogens is 1. The third-order valence-corrected chi connectivity index (χ3v) is 3.87. The van der Waals surface area contributed by atoms with E-state index < -0.39 is 11.7 Å². The van der Waals surface area contributed by atoms with E-state index >= 15 is 0 Å². The van der Waals surface area contributed by atoms with Crippen molar-refractivity contribution >= 4 is 22.4 Å². The van der Waals surface area contributed by atoms with E-state index in [9.17, 15) is 18.0 Å². The zero-order valence-electron chi connectivity index (χ0n) is 11.4. The summed E-state index contributed by atoms with van der Waals surface area (Å²) in [5.74, 6) is -0.227. The smallest absolute Gasteiger partial charge is 0.302 e. The standard InChI is InChI=1S/C14H13F3N2OS/c1-8-12(21-13(18-8)19-9(2)20)7-10-4-3-5-11(6-10)14(15,16)17/h3-6H,7H2,1-2H3,(H,18,19,20). The van der Waals surface area contributed by atoms with Crippen LogP contribution in [0.5, 0.6) is 0 Å². The Labute approximate surface area is 123 Å². The van der Waals surface area contributed by atoms with Gasteiger partial charge in [-0.05, 0) is 18.6 Å². The van der Waals surface area contributed by atoms with E-state index in [0.717, 1.165) is 17.0 Å². The summed E-state index contributed by atoms with van der Waals surface area (Å²) in [6.45, 7) is 3.15. The highest BCUT2D eigenvalue weighted by atomic mass is 32.1. The van der Waals surface area contributed by atoms with Crippen LogP contribution in [0.2, 0.25) is 0 Å². The Morgan fingerprint density at radius 2 is 2.10 bits per heavy atom. The largest absolute Gasteiger partial charge is 0.416 e. The maximum Gasteiger partial charge on any atom is 0.416 e. The third-order valence-electron chi connectivity index (χ3n) is 2.79. The molecule has 1 amide bonds. The number of alkyl halides is 3. The van der Waals surface area contributed by atoms with Crippen molar-refractivity contribution in [2.45, 2.75) is 26.4 Å². The molecule has 0 saturated carbocycles. The van der Waals surface area contributed by atoms with Crippen molar-refractivity contribution in [1.82, 2.24) is 4.98 Å². The van der Waals surface area contributed by atoms with Gasteiger partial charge in [0.25, 0.3) is 0 Å². The molecule has 2 aromatic rings. The van der Waals surface area contributed by atoms with Gasteiger partial charge in [-0.3, -0.25) is 4.79 Å². The molecular weight excluding hydrogens is 301 g/mol. The summed E-state index contributed by atoms with van der Waals surface area (Å²) < 4.78 is 38.0. The fourth-order valence-electron chi connectivity index (χ4n) is 1.84. The molecule has 0 saturated heterocycles. The molecular formula is C14H13F3N2OS. The lowest BCUT2D eigenvalue weighted by Crippen LogP contribution is -2.05. The molecule has 0 fully saturated rings. The van der Waals surface area contributed by atoms with Crippen LogP contribution in [0.4, 0.5) is 18.3 Å². The molecule has 0 bridgehead atoms. The van der Waals surface area contributed by atoms with E-state index in [2.05, 4.69) is 10.3 Å². The average Bonchev–Trinajstić information content (AvgIpc) is 2.68. The van der Waals surface area contributed by atoms with Gasteiger partial charge in [-0.2, -0.15) is 13.2 Å². The Morgan fingerprint density at radius 3 is 2.71 bits per heavy atom. The number of amides is 1. The van der Waals surface area contributed by atoms with Crippen LogP contribution in [0.3, 0.4) is 0 Å². The predicted molar refractivity (Wildman–Crippen MR) is 75.4 cm³/mol. The number of thiazole rings is 1. The van der Waals surface area contributed by atoms with Crippen LogP contribution >= 0.6 is 11.3 Å². The highest BCUT2D eigenvalue weighted by Crippen LogP contribution is 2.31. The lowest BCUT2D eigenvalue weighted by molar-refractivity contribution is -0.137. The summed E-state index contributed by atoms with van der Waals surface area (Å²) in [4.78, 5) is 16.0. The normalized spacial score (nSPS) is 11.5. The molecule has 112 valence electrons. The van der Waals surface area contributed by atoms with Crippen molar-refractivity contribution in [3.63, 3.8) is 0 Å². The second-order valence-corrected chi connectivity index (χ2v) is 5.67. The van der Waals surface area contributed by atoms with Crippen LogP contribution in [0.25, 0.3) is 0 Å². The topological polar surface area (TPSA) is 42.0 Å². The van der Waals surface area contributed by atoms with Crippen molar-refractivity contribution in [3.8, 4) is 0 Å². The van der Waals surface area contributed by atoms with Crippen LogP contribution in [0.15, 0.2) is 24.3 Å². The maximum atomic E-state index is 12.7. The molecule has 0 radical (unpaired) electrons. The Kier molecular flexibility index (Phi) is 4.32. The zero-order valence-corrected chi connectivity index (χ0v) is 12.2. The summed E-state index contributed by atoms with van der Waals surface area (Å²) in [7, 11) is 0. The number of rotatable bonds is 3. The quantitative estimate of drug-likeness (QED) is 0.929. The van der Waals surface area contributed by atoms with Gasteiger partial charge in [-0.25, -0.2) is 4.98 Å². The number of hydrogen-bond acceptors (Lipinski definition) is 3. The molecule has 0 unspecified atom stereocenters. The fourth-order valence-corrected chi connectivity index (χ4v) is 2.88. The van der Waals surface area contributed by atoms with Crippen LogP contribution in [0, 0.1) is 6.92 Å². The second-order valence-electron chi connectivity index (χ2n) is 4.58. The number of nitrogens with zero attached hydrogens (tertiary/aromatic N) is 1. The van der Waals surface area contributed by atoms with Crippen molar-refractivity contribution in [2.24, 2.45) is 0 Å². The van der Waals surface area contributed by atoms with Crippen LogP contribution in [-0.2, 0) is 17.4 Å². The first-order valence-electron chi connectivity index (χ1n) is 6.16. The number of carbonyl (C=O) groups is 1. The number of benzene rings is 1. The van der Waals surface area contributed by atoms with Crippen LogP contribution in [0.1, 0.15) is 28.6 Å². The molecule has 7 heteroatoms. The van der Waals surface area contributed by atoms with Gasteiger partial charge in [0, 0.05) is 18.2 Å². The molecule has 1 heterocycles. The molecule has 2 rings (SSSR count). The van der Waals surface area contributed by atoms with Crippen molar-refractivity contribution in [1.29, 1.82) is 0 Å². The molecule has 1 aromatic carbocycles. The molecule has 0 aliphatic rings. The number of aryl methyl sites for hydroxylation is 1. The van der Waals surface area contributed by atoms with Gasteiger partial charge in [0.15, 0.2) is 5.13 Å². The van der Waals surface area contributed by atoms with E-state index in [1.165, 1.54) is 24.3 Å². The van der Waals surface area contributed by atoms with E-state index in [1.54, 1.807) is 13.0 Å². The molecule has 0 aliphatic carbocycles. The highest BCUT2D eigenvalue weighted by Gasteiger charge is 2.30. The van der Waals surface area contributed by atoms with Crippen LogP contribution in [-0.4, -0.2) is 10.9 Å². The molecule has 1 N–H and O–H groups in total. The number of nitrogens with one attached hydrogen (secondary N) is 1. The van der Waals surface area contributed by atoms with Crippen molar-refractivity contribution in [3.05, 3.63) is 46.0 Å². The van der Waals surface area contributed by atoms with Gasteiger partial charge in [-0.1, -0.05) is 18.2 Å². The molecule has 0 aliphatic heterocycles. The molecule has 3 nitrogen and oxygen atoms in total. The first kappa shape index (κ1) is 15.5. The van der Waals surface area contributed by atoms with Gasteiger partial charge < -0.3 is 5.32 Å². The lowest BCUT2D eigenvalue weighted by Gasteiger charge is -2.08. The van der Waals surface area contributed by atoms with Gasteiger partial charge >= 0.3 is 6.18 Å². The number of carbonyl (C=O) groups excluding carboxylic acids is 1. The van der Waals surface area contributed by atoms with Gasteiger partial charge in [0.1, 0.15) is 0 Å². The summed E-state index contributed by atoms with van der Waals surface area (Å²) in [6, 6.07) is 5.22. The Bertz CT molecular complexity index is 664. The molecule has 0 spiro atoms.